The van der Waals surface area contributed by atoms with Gasteiger partial charge in [0.05, 0.1) is 11.2 Å². The molecule has 0 atom stereocenters. The number of nitrogens with two attached hydrogens (primary N) is 1. The molecule has 0 saturated carbocycles. The third-order valence-electron chi connectivity index (χ3n) is 4.27. The van der Waals surface area contributed by atoms with E-state index in [4.69, 9.17) is 17.3 Å². The highest BCUT2D eigenvalue weighted by atomic mass is 35.5. The van der Waals surface area contributed by atoms with Crippen molar-refractivity contribution in [2.75, 3.05) is 5.73 Å². The van der Waals surface area contributed by atoms with Gasteiger partial charge in [0, 0.05) is 27.7 Å². The van der Waals surface area contributed by atoms with Gasteiger partial charge >= 0.3 is 0 Å². The molecule has 122 valence electrons. The summed E-state index contributed by atoms with van der Waals surface area (Å²) in [4.78, 5) is 9.00. The van der Waals surface area contributed by atoms with E-state index < -0.39 is 0 Å². The van der Waals surface area contributed by atoms with Crippen molar-refractivity contribution in [2.45, 2.75) is 6.92 Å². The van der Waals surface area contributed by atoms with Crippen LogP contribution in [0.25, 0.3) is 33.3 Å². The lowest BCUT2D eigenvalue weighted by atomic mass is 10.0. The summed E-state index contributed by atoms with van der Waals surface area (Å²) in [5, 5.41) is 1.82. The van der Waals surface area contributed by atoms with Gasteiger partial charge in [-0.05, 0) is 54.4 Å². The fourth-order valence-corrected chi connectivity index (χ4v) is 3.08. The molecule has 2 heterocycles. The van der Waals surface area contributed by atoms with Gasteiger partial charge in [0.15, 0.2) is 0 Å². The number of nitrogen functional groups attached to an aromatic ring is 1. The average Bonchev–Trinajstić information content (AvgIpc) is 2.62. The van der Waals surface area contributed by atoms with Gasteiger partial charge in [0.2, 0.25) is 0 Å². The van der Waals surface area contributed by atoms with E-state index in [0.717, 1.165) is 43.9 Å². The molecular weight excluding hydrogens is 330 g/mol. The maximum Gasteiger partial charge on any atom is 0.124 e. The monoisotopic (exact) mass is 345 g/mol. The molecule has 25 heavy (non-hydrogen) atoms. The summed E-state index contributed by atoms with van der Waals surface area (Å²) < 4.78 is 0. The van der Waals surface area contributed by atoms with Crippen LogP contribution in [0.3, 0.4) is 0 Å². The number of rotatable bonds is 2. The van der Waals surface area contributed by atoms with E-state index in [-0.39, 0.29) is 0 Å². The van der Waals surface area contributed by atoms with Crippen LogP contribution in [0.15, 0.2) is 66.9 Å². The average molecular weight is 346 g/mol. The number of hydrogen-bond acceptors (Lipinski definition) is 3. The van der Waals surface area contributed by atoms with Crippen LogP contribution in [-0.4, -0.2) is 9.97 Å². The molecule has 0 bridgehead atoms. The molecule has 3 nitrogen and oxygen atoms in total. The summed E-state index contributed by atoms with van der Waals surface area (Å²) in [5.74, 6) is 0.545. The first kappa shape index (κ1) is 15.6. The molecule has 2 N–H and O–H groups in total. The minimum absolute atomic E-state index is 0.545. The van der Waals surface area contributed by atoms with Crippen molar-refractivity contribution in [1.82, 2.24) is 9.97 Å². The van der Waals surface area contributed by atoms with E-state index in [1.165, 1.54) is 0 Å². The number of pyridine rings is 2. The van der Waals surface area contributed by atoms with Crippen LogP contribution >= 0.6 is 11.6 Å². The van der Waals surface area contributed by atoms with Crippen molar-refractivity contribution in [1.29, 1.82) is 0 Å². The van der Waals surface area contributed by atoms with E-state index >= 15 is 0 Å². The van der Waals surface area contributed by atoms with Crippen LogP contribution in [0, 0.1) is 6.92 Å². The molecule has 0 aliphatic carbocycles. The predicted molar refractivity (Wildman–Crippen MR) is 105 cm³/mol. The zero-order valence-corrected chi connectivity index (χ0v) is 14.5. The number of benzene rings is 2. The van der Waals surface area contributed by atoms with E-state index in [2.05, 4.69) is 22.1 Å². The van der Waals surface area contributed by atoms with Gasteiger partial charge < -0.3 is 5.73 Å². The molecule has 0 aliphatic rings. The Morgan fingerprint density at radius 3 is 2.28 bits per heavy atom. The normalized spacial score (nSPS) is 11.0. The summed E-state index contributed by atoms with van der Waals surface area (Å²) in [6.45, 7) is 2.04. The van der Waals surface area contributed by atoms with Gasteiger partial charge in [-0.2, -0.15) is 0 Å². The van der Waals surface area contributed by atoms with Crippen LogP contribution in [0.1, 0.15) is 5.56 Å². The predicted octanol–water partition coefficient (Wildman–Crippen LogP) is 5.51. The van der Waals surface area contributed by atoms with Crippen molar-refractivity contribution in [3.63, 3.8) is 0 Å². The minimum Gasteiger partial charge on any atom is -0.384 e. The fraction of sp³-hybridized carbons (Fsp3) is 0.0476. The minimum atomic E-state index is 0.545. The lowest BCUT2D eigenvalue weighted by Gasteiger charge is -2.08. The second-order valence-corrected chi connectivity index (χ2v) is 6.47. The Kier molecular flexibility index (Phi) is 3.86. The zero-order chi connectivity index (χ0) is 17.4. The molecule has 4 aromatic rings. The standard InChI is InChI=1S/C21H16ClN3/c1-13-10-21(23)25-20-9-4-15(11-18(13)20)19-8-5-16(12-24-19)14-2-6-17(22)7-3-14/h2-12H,1H3,(H2,23,25). The first-order valence-electron chi connectivity index (χ1n) is 7.99. The Morgan fingerprint density at radius 2 is 1.56 bits per heavy atom. The first-order chi connectivity index (χ1) is 12.1. The molecule has 0 fully saturated rings. The number of halogens is 1. The van der Waals surface area contributed by atoms with Crippen LogP contribution < -0.4 is 5.73 Å². The second-order valence-electron chi connectivity index (χ2n) is 6.03. The third kappa shape index (κ3) is 3.06. The number of nitrogens with zero attached hydrogens (tertiary/aromatic N) is 2. The summed E-state index contributed by atoms with van der Waals surface area (Å²) in [6.07, 6.45) is 1.89. The summed E-state index contributed by atoms with van der Waals surface area (Å²) in [7, 11) is 0. The Bertz CT molecular complexity index is 1050. The van der Waals surface area contributed by atoms with Crippen molar-refractivity contribution in [2.24, 2.45) is 0 Å². The zero-order valence-electron chi connectivity index (χ0n) is 13.7. The van der Waals surface area contributed by atoms with Crippen LogP contribution in [0.2, 0.25) is 5.02 Å². The second kappa shape index (κ2) is 6.19. The maximum absolute atomic E-state index is 5.95. The largest absolute Gasteiger partial charge is 0.384 e. The molecule has 0 saturated heterocycles. The van der Waals surface area contributed by atoms with Gasteiger partial charge in [-0.25, -0.2) is 4.98 Å². The van der Waals surface area contributed by atoms with Crippen LogP contribution in [-0.2, 0) is 0 Å². The Labute approximate surface area is 151 Å². The Morgan fingerprint density at radius 1 is 0.840 bits per heavy atom. The number of hydrogen-bond donors (Lipinski definition) is 1. The highest BCUT2D eigenvalue weighted by molar-refractivity contribution is 6.30. The van der Waals surface area contributed by atoms with Crippen molar-refractivity contribution in [3.8, 4) is 22.4 Å². The number of aromatic nitrogens is 2. The molecule has 2 aromatic carbocycles. The first-order valence-corrected chi connectivity index (χ1v) is 8.37. The van der Waals surface area contributed by atoms with Crippen molar-refractivity contribution >= 4 is 28.3 Å². The SMILES string of the molecule is Cc1cc(N)nc2ccc(-c3ccc(-c4ccc(Cl)cc4)cn3)cc12. The highest BCUT2D eigenvalue weighted by Gasteiger charge is 2.06. The van der Waals surface area contributed by atoms with Gasteiger partial charge in [0.1, 0.15) is 5.82 Å². The topological polar surface area (TPSA) is 51.8 Å². The van der Waals surface area contributed by atoms with E-state index in [0.29, 0.717) is 5.82 Å². The van der Waals surface area contributed by atoms with Gasteiger partial charge in [-0.1, -0.05) is 35.9 Å². The smallest absolute Gasteiger partial charge is 0.124 e. The maximum atomic E-state index is 5.95. The molecule has 4 heteroatoms. The lowest BCUT2D eigenvalue weighted by molar-refractivity contribution is 1.32. The quantitative estimate of drug-likeness (QED) is 0.521. The molecule has 0 unspecified atom stereocenters. The fourth-order valence-electron chi connectivity index (χ4n) is 2.96. The van der Waals surface area contributed by atoms with Crippen LogP contribution in [0.4, 0.5) is 5.82 Å². The van der Waals surface area contributed by atoms with Gasteiger partial charge in [-0.15, -0.1) is 0 Å². The number of fused-ring (bicyclic) bond motifs is 1. The third-order valence-corrected chi connectivity index (χ3v) is 4.52. The van der Waals surface area contributed by atoms with E-state index in [9.17, 15) is 0 Å². The Balaban J connectivity index is 1.72. The highest BCUT2D eigenvalue weighted by Crippen LogP contribution is 2.27. The summed E-state index contributed by atoms with van der Waals surface area (Å²) >= 11 is 5.95. The molecule has 0 radical (unpaired) electrons. The molecule has 0 amide bonds. The van der Waals surface area contributed by atoms with Crippen molar-refractivity contribution in [3.05, 3.63) is 77.4 Å². The van der Waals surface area contributed by atoms with Crippen LogP contribution in [0.5, 0.6) is 0 Å². The van der Waals surface area contributed by atoms with E-state index in [1.807, 2.05) is 61.7 Å². The summed E-state index contributed by atoms with van der Waals surface area (Å²) in [6, 6.07) is 19.9. The lowest BCUT2D eigenvalue weighted by Crippen LogP contribution is -1.93. The molecule has 2 aromatic heterocycles. The molecular formula is C21H16ClN3. The van der Waals surface area contributed by atoms with Gasteiger partial charge in [-0.3, -0.25) is 4.98 Å². The van der Waals surface area contributed by atoms with E-state index in [1.54, 1.807) is 0 Å². The molecule has 0 spiro atoms. The number of anilines is 1. The van der Waals surface area contributed by atoms with Crippen molar-refractivity contribution < 1.29 is 0 Å². The molecule has 0 aliphatic heterocycles. The van der Waals surface area contributed by atoms with Gasteiger partial charge in [0.25, 0.3) is 0 Å². The number of aryl methyl sites for hydroxylation is 1. The Hall–Kier alpha value is -2.91. The summed E-state index contributed by atoms with van der Waals surface area (Å²) in [5.41, 5.74) is 12.0. The molecule has 4 rings (SSSR count).